The summed E-state index contributed by atoms with van der Waals surface area (Å²) < 4.78 is 0. The molecule has 0 bridgehead atoms. The predicted molar refractivity (Wildman–Crippen MR) is 52.0 cm³/mol. The van der Waals surface area contributed by atoms with Gasteiger partial charge in [-0.05, 0) is 0 Å². The SMILES string of the molecule is Nc1ncc2c(n1)C1=NCCN1NC2=O. The van der Waals surface area contributed by atoms with Gasteiger partial charge in [-0.25, -0.2) is 9.97 Å². The van der Waals surface area contributed by atoms with E-state index in [-0.39, 0.29) is 11.9 Å². The highest BCUT2D eigenvalue weighted by molar-refractivity contribution is 6.12. The van der Waals surface area contributed by atoms with Crippen molar-refractivity contribution in [1.82, 2.24) is 20.4 Å². The maximum absolute atomic E-state index is 11.6. The Kier molecular flexibility index (Phi) is 1.44. The van der Waals surface area contributed by atoms with Crippen molar-refractivity contribution in [3.63, 3.8) is 0 Å². The van der Waals surface area contributed by atoms with Crippen molar-refractivity contribution in [3.8, 4) is 0 Å². The van der Waals surface area contributed by atoms with Crippen LogP contribution >= 0.6 is 0 Å². The molecule has 1 amide bonds. The van der Waals surface area contributed by atoms with Crippen LogP contribution in [-0.4, -0.2) is 39.8 Å². The Bertz CT molecular complexity index is 482. The third kappa shape index (κ3) is 1.06. The molecule has 7 nitrogen and oxygen atoms in total. The number of carbonyl (C=O) groups is 1. The van der Waals surface area contributed by atoms with Crippen molar-refractivity contribution in [3.05, 3.63) is 17.5 Å². The Balaban J connectivity index is 2.23. The number of hydrogen-bond acceptors (Lipinski definition) is 6. The Morgan fingerprint density at radius 3 is 3.27 bits per heavy atom. The summed E-state index contributed by atoms with van der Waals surface area (Å²) in [5.41, 5.74) is 9.11. The molecule has 1 aromatic heterocycles. The van der Waals surface area contributed by atoms with E-state index in [2.05, 4.69) is 20.4 Å². The van der Waals surface area contributed by atoms with E-state index in [0.29, 0.717) is 30.2 Å². The van der Waals surface area contributed by atoms with Gasteiger partial charge in [0.25, 0.3) is 5.91 Å². The van der Waals surface area contributed by atoms with E-state index in [1.807, 2.05) is 0 Å². The average molecular weight is 204 g/mol. The summed E-state index contributed by atoms with van der Waals surface area (Å²) in [6.45, 7) is 1.32. The molecule has 76 valence electrons. The molecule has 0 aliphatic carbocycles. The van der Waals surface area contributed by atoms with Crippen LogP contribution in [0.15, 0.2) is 11.2 Å². The predicted octanol–water partition coefficient (Wildman–Crippen LogP) is -1.22. The van der Waals surface area contributed by atoms with Crippen LogP contribution in [0, 0.1) is 0 Å². The summed E-state index contributed by atoms with van der Waals surface area (Å²) in [7, 11) is 0. The second-order valence-corrected chi connectivity index (χ2v) is 3.29. The largest absolute Gasteiger partial charge is 0.368 e. The van der Waals surface area contributed by atoms with Crippen LogP contribution in [0.3, 0.4) is 0 Å². The van der Waals surface area contributed by atoms with Crippen LogP contribution in [0.1, 0.15) is 16.1 Å². The van der Waals surface area contributed by atoms with Crippen molar-refractivity contribution in [2.24, 2.45) is 4.99 Å². The molecule has 0 spiro atoms. The average Bonchev–Trinajstić information content (AvgIpc) is 2.65. The smallest absolute Gasteiger partial charge is 0.273 e. The number of carbonyl (C=O) groups excluding carboxylic acids is 1. The summed E-state index contributed by atoms with van der Waals surface area (Å²) in [4.78, 5) is 23.7. The molecule has 0 radical (unpaired) electrons. The van der Waals surface area contributed by atoms with Crippen LogP contribution < -0.4 is 11.2 Å². The first kappa shape index (κ1) is 8.16. The Morgan fingerprint density at radius 2 is 2.40 bits per heavy atom. The fourth-order valence-corrected chi connectivity index (χ4v) is 1.67. The van der Waals surface area contributed by atoms with Gasteiger partial charge in [-0.3, -0.25) is 20.2 Å². The molecule has 3 rings (SSSR count). The number of anilines is 1. The Hall–Kier alpha value is -2.18. The zero-order valence-electron chi connectivity index (χ0n) is 7.77. The van der Waals surface area contributed by atoms with E-state index in [9.17, 15) is 4.79 Å². The molecule has 2 aliphatic rings. The summed E-state index contributed by atoms with van der Waals surface area (Å²) >= 11 is 0. The van der Waals surface area contributed by atoms with Gasteiger partial charge in [-0.1, -0.05) is 0 Å². The zero-order chi connectivity index (χ0) is 10.4. The van der Waals surface area contributed by atoms with Gasteiger partial charge in [0.2, 0.25) is 5.95 Å². The molecule has 0 saturated carbocycles. The van der Waals surface area contributed by atoms with Crippen molar-refractivity contribution in [1.29, 1.82) is 0 Å². The van der Waals surface area contributed by atoms with Gasteiger partial charge in [-0.2, -0.15) is 0 Å². The van der Waals surface area contributed by atoms with Crippen LogP contribution in [-0.2, 0) is 0 Å². The van der Waals surface area contributed by atoms with E-state index in [0.717, 1.165) is 0 Å². The quantitative estimate of drug-likeness (QED) is 0.552. The third-order valence-electron chi connectivity index (χ3n) is 2.34. The lowest BCUT2D eigenvalue weighted by Gasteiger charge is -2.26. The van der Waals surface area contributed by atoms with Crippen LogP contribution in [0.2, 0.25) is 0 Å². The molecular formula is C8H8N6O. The lowest BCUT2D eigenvalue weighted by molar-refractivity contribution is 0.0867. The monoisotopic (exact) mass is 204 g/mol. The fourth-order valence-electron chi connectivity index (χ4n) is 1.67. The van der Waals surface area contributed by atoms with Gasteiger partial charge in [0.15, 0.2) is 5.84 Å². The third-order valence-corrected chi connectivity index (χ3v) is 2.34. The van der Waals surface area contributed by atoms with E-state index in [1.54, 1.807) is 5.01 Å². The lowest BCUT2D eigenvalue weighted by atomic mass is 10.1. The molecule has 1 aromatic rings. The van der Waals surface area contributed by atoms with Crippen molar-refractivity contribution >= 4 is 17.7 Å². The molecule has 0 atom stereocenters. The van der Waals surface area contributed by atoms with Gasteiger partial charge < -0.3 is 5.73 Å². The van der Waals surface area contributed by atoms with E-state index < -0.39 is 0 Å². The number of amides is 1. The second-order valence-electron chi connectivity index (χ2n) is 3.29. The molecule has 0 saturated heterocycles. The van der Waals surface area contributed by atoms with Gasteiger partial charge in [0.05, 0.1) is 18.7 Å². The molecule has 0 fully saturated rings. The number of aromatic nitrogens is 2. The Labute approximate surface area is 85.0 Å². The van der Waals surface area contributed by atoms with E-state index in [1.165, 1.54) is 6.20 Å². The van der Waals surface area contributed by atoms with Crippen LogP contribution in [0.25, 0.3) is 0 Å². The maximum atomic E-state index is 11.6. The number of aliphatic imine (C=N–C) groups is 1. The number of nitrogens with one attached hydrogen (secondary N) is 1. The highest BCUT2D eigenvalue weighted by atomic mass is 16.2. The lowest BCUT2D eigenvalue weighted by Crippen LogP contribution is -2.49. The molecule has 3 heterocycles. The van der Waals surface area contributed by atoms with Gasteiger partial charge >= 0.3 is 0 Å². The topological polar surface area (TPSA) is 96.5 Å². The first-order valence-electron chi connectivity index (χ1n) is 4.51. The van der Waals surface area contributed by atoms with Crippen molar-refractivity contribution in [2.75, 3.05) is 18.8 Å². The van der Waals surface area contributed by atoms with Crippen molar-refractivity contribution in [2.45, 2.75) is 0 Å². The van der Waals surface area contributed by atoms with Crippen molar-refractivity contribution < 1.29 is 4.79 Å². The number of amidine groups is 1. The number of fused-ring (bicyclic) bond motifs is 3. The second kappa shape index (κ2) is 2.66. The standard InChI is InChI=1S/C8H8N6O/c9-8-11-3-4-5(12-8)6-10-1-2-14(6)13-7(4)15/h3H,1-2H2,(H,13,15)(H2,9,11,12). The van der Waals surface area contributed by atoms with Gasteiger partial charge in [0, 0.05) is 6.20 Å². The summed E-state index contributed by atoms with van der Waals surface area (Å²) in [5.74, 6) is 0.600. The van der Waals surface area contributed by atoms with E-state index in [4.69, 9.17) is 5.73 Å². The number of nitrogen functional groups attached to an aromatic ring is 1. The van der Waals surface area contributed by atoms with Crippen LogP contribution in [0.4, 0.5) is 5.95 Å². The minimum absolute atomic E-state index is 0.151. The maximum Gasteiger partial charge on any atom is 0.273 e. The van der Waals surface area contributed by atoms with E-state index >= 15 is 0 Å². The molecular weight excluding hydrogens is 196 g/mol. The number of rotatable bonds is 0. The van der Waals surface area contributed by atoms with Crippen LogP contribution in [0.5, 0.6) is 0 Å². The fraction of sp³-hybridized carbons (Fsp3) is 0.250. The molecule has 3 N–H and O–H groups in total. The first-order chi connectivity index (χ1) is 7.25. The minimum atomic E-state index is -0.217. The Morgan fingerprint density at radius 1 is 1.53 bits per heavy atom. The van der Waals surface area contributed by atoms with Gasteiger partial charge in [-0.15, -0.1) is 0 Å². The highest BCUT2D eigenvalue weighted by Crippen LogP contribution is 2.17. The summed E-state index contributed by atoms with van der Waals surface area (Å²) in [6, 6.07) is 0. The normalized spacial score (nSPS) is 18.0. The first-order valence-corrected chi connectivity index (χ1v) is 4.51. The molecule has 15 heavy (non-hydrogen) atoms. The number of nitrogens with zero attached hydrogens (tertiary/aromatic N) is 4. The molecule has 0 aromatic carbocycles. The molecule has 7 heteroatoms. The van der Waals surface area contributed by atoms with Gasteiger partial charge in [0.1, 0.15) is 5.69 Å². The molecule has 0 unspecified atom stereocenters. The molecule has 2 aliphatic heterocycles. The number of hydrogen-bond donors (Lipinski definition) is 2. The zero-order valence-corrected chi connectivity index (χ0v) is 7.77. The number of nitrogens with two attached hydrogens (primary N) is 1. The highest BCUT2D eigenvalue weighted by Gasteiger charge is 2.32. The summed E-state index contributed by atoms with van der Waals surface area (Å²) in [6.07, 6.45) is 1.42. The summed E-state index contributed by atoms with van der Waals surface area (Å²) in [5, 5.41) is 1.68. The number of hydrazine groups is 1. The minimum Gasteiger partial charge on any atom is -0.368 e.